The van der Waals surface area contributed by atoms with E-state index in [1.54, 1.807) is 24.3 Å². The van der Waals surface area contributed by atoms with E-state index in [9.17, 15) is 13.6 Å². The van der Waals surface area contributed by atoms with Crippen LogP contribution < -0.4 is 4.90 Å². The van der Waals surface area contributed by atoms with Gasteiger partial charge < -0.3 is 4.74 Å². The highest BCUT2D eigenvalue weighted by Crippen LogP contribution is 2.32. The number of carbonyl (C=O) groups is 1. The zero-order chi connectivity index (χ0) is 21.8. The van der Waals surface area contributed by atoms with Crippen LogP contribution in [0.3, 0.4) is 0 Å². The van der Waals surface area contributed by atoms with E-state index < -0.39 is 11.6 Å². The number of rotatable bonds is 6. The molecular weight excluding hydrogens is 458 g/mol. The van der Waals surface area contributed by atoms with E-state index in [4.69, 9.17) is 10.00 Å². The number of nitrogens with zero attached hydrogens (tertiary/aromatic N) is 4. The van der Waals surface area contributed by atoms with Gasteiger partial charge in [0.25, 0.3) is 5.91 Å². The van der Waals surface area contributed by atoms with E-state index in [0.717, 1.165) is 37.0 Å². The number of hydrogen-bond donors (Lipinski definition) is 0. The molecule has 0 spiro atoms. The number of amides is 1. The summed E-state index contributed by atoms with van der Waals surface area (Å²) in [6.07, 6.45) is 0.689. The van der Waals surface area contributed by atoms with Gasteiger partial charge in [0.05, 0.1) is 29.5 Å². The van der Waals surface area contributed by atoms with Gasteiger partial charge in [0.2, 0.25) is 0 Å². The molecule has 1 aliphatic heterocycles. The van der Waals surface area contributed by atoms with Crippen molar-refractivity contribution in [3.05, 3.63) is 59.2 Å². The van der Waals surface area contributed by atoms with Crippen LogP contribution in [0.5, 0.6) is 0 Å². The van der Waals surface area contributed by atoms with Gasteiger partial charge in [-0.1, -0.05) is 11.3 Å². The first-order valence-electron chi connectivity index (χ1n) is 9.93. The number of thiazole rings is 1. The number of halogens is 3. The molecule has 0 unspecified atom stereocenters. The minimum Gasteiger partial charge on any atom is -0.379 e. The maximum absolute atomic E-state index is 14.2. The van der Waals surface area contributed by atoms with E-state index in [1.807, 2.05) is 6.07 Å². The molecule has 3 aromatic rings. The molecule has 6 nitrogen and oxygen atoms in total. The average Bonchev–Trinajstić information content (AvgIpc) is 3.21. The lowest BCUT2D eigenvalue weighted by atomic mass is 10.1. The van der Waals surface area contributed by atoms with Gasteiger partial charge in [0.15, 0.2) is 10.9 Å². The third-order valence-electron chi connectivity index (χ3n) is 5.10. The monoisotopic (exact) mass is 478 g/mol. The molecule has 1 saturated heterocycles. The highest BCUT2D eigenvalue weighted by molar-refractivity contribution is 7.22. The smallest absolute Gasteiger partial charge is 0.260 e. The number of carbonyl (C=O) groups excluding carboxylic acids is 1. The quantitative estimate of drug-likeness (QED) is 0.530. The zero-order valence-electron chi connectivity index (χ0n) is 17.1. The maximum Gasteiger partial charge on any atom is 0.260 e. The Balaban J connectivity index is 0.00000289. The number of hydrogen-bond acceptors (Lipinski definition) is 6. The van der Waals surface area contributed by atoms with Gasteiger partial charge in [-0.2, -0.15) is 5.26 Å². The summed E-state index contributed by atoms with van der Waals surface area (Å²) in [5, 5.41) is 9.31. The van der Waals surface area contributed by atoms with Crippen LogP contribution >= 0.6 is 23.7 Å². The molecule has 168 valence electrons. The number of aromatic nitrogens is 1. The van der Waals surface area contributed by atoms with Crippen LogP contribution in [-0.2, 0) is 4.74 Å². The highest BCUT2D eigenvalue weighted by Gasteiger charge is 2.23. The fourth-order valence-electron chi connectivity index (χ4n) is 3.47. The third kappa shape index (κ3) is 5.40. The number of benzene rings is 2. The Morgan fingerprint density at radius 1 is 1.22 bits per heavy atom. The fraction of sp³-hybridized carbons (Fsp3) is 0.318. The van der Waals surface area contributed by atoms with E-state index in [1.165, 1.54) is 11.0 Å². The molecule has 4 rings (SSSR count). The second-order valence-electron chi connectivity index (χ2n) is 7.18. The lowest BCUT2D eigenvalue weighted by Gasteiger charge is -2.27. The Labute approximate surface area is 194 Å². The molecular formula is C22H21ClF2N4O2S. The van der Waals surface area contributed by atoms with Crippen LogP contribution in [0.2, 0.25) is 0 Å². The van der Waals surface area contributed by atoms with Crippen molar-refractivity contribution in [3.8, 4) is 6.07 Å². The Morgan fingerprint density at radius 2 is 1.94 bits per heavy atom. The van der Waals surface area contributed by atoms with Gasteiger partial charge in [-0.25, -0.2) is 13.8 Å². The van der Waals surface area contributed by atoms with Gasteiger partial charge in [-0.15, -0.1) is 12.4 Å². The van der Waals surface area contributed by atoms with Crippen molar-refractivity contribution in [3.63, 3.8) is 0 Å². The summed E-state index contributed by atoms with van der Waals surface area (Å²) in [5.74, 6) is -1.74. The van der Waals surface area contributed by atoms with E-state index in [-0.39, 0.29) is 23.8 Å². The molecule has 32 heavy (non-hydrogen) atoms. The van der Waals surface area contributed by atoms with Crippen molar-refractivity contribution in [1.82, 2.24) is 9.88 Å². The lowest BCUT2D eigenvalue weighted by molar-refractivity contribution is 0.0376. The molecule has 2 aromatic carbocycles. The molecule has 0 bridgehead atoms. The topological polar surface area (TPSA) is 69.5 Å². The molecule has 0 saturated carbocycles. The number of morpholine rings is 1. The van der Waals surface area contributed by atoms with E-state index in [2.05, 4.69) is 9.88 Å². The molecule has 0 atom stereocenters. The van der Waals surface area contributed by atoms with Gasteiger partial charge in [-0.05, 0) is 36.8 Å². The normalized spacial score (nSPS) is 14.0. The van der Waals surface area contributed by atoms with Gasteiger partial charge in [0.1, 0.15) is 11.3 Å². The van der Waals surface area contributed by atoms with Crippen LogP contribution in [0.1, 0.15) is 22.3 Å². The molecule has 1 aliphatic rings. The first kappa shape index (κ1) is 24.0. The van der Waals surface area contributed by atoms with Gasteiger partial charge >= 0.3 is 0 Å². The molecule has 0 aliphatic carbocycles. The predicted molar refractivity (Wildman–Crippen MR) is 121 cm³/mol. The first-order valence-corrected chi connectivity index (χ1v) is 10.7. The molecule has 1 fully saturated rings. The van der Waals surface area contributed by atoms with Crippen LogP contribution in [0.4, 0.5) is 13.9 Å². The van der Waals surface area contributed by atoms with E-state index in [0.29, 0.717) is 47.1 Å². The minimum absolute atomic E-state index is 0. The minimum atomic E-state index is -0.753. The Morgan fingerprint density at radius 3 is 2.62 bits per heavy atom. The largest absolute Gasteiger partial charge is 0.379 e. The number of anilines is 1. The number of nitriles is 1. The molecule has 10 heteroatoms. The molecule has 1 aromatic heterocycles. The second kappa shape index (κ2) is 10.8. The summed E-state index contributed by atoms with van der Waals surface area (Å²) in [7, 11) is 0. The molecule has 1 amide bonds. The maximum atomic E-state index is 14.2. The zero-order valence-corrected chi connectivity index (χ0v) is 18.7. The summed E-state index contributed by atoms with van der Waals surface area (Å²) in [6, 6.07) is 10.4. The lowest BCUT2D eigenvalue weighted by Crippen LogP contribution is -2.39. The third-order valence-corrected chi connectivity index (χ3v) is 6.12. The molecule has 0 radical (unpaired) electrons. The van der Waals surface area contributed by atoms with Crippen molar-refractivity contribution in [2.45, 2.75) is 6.42 Å². The summed E-state index contributed by atoms with van der Waals surface area (Å²) >= 11 is 1.08. The Bertz CT molecular complexity index is 1130. The van der Waals surface area contributed by atoms with E-state index >= 15 is 0 Å². The molecule has 0 N–H and O–H groups in total. The Hall–Kier alpha value is -2.64. The summed E-state index contributed by atoms with van der Waals surface area (Å²) in [5.41, 5.74) is 0.899. The van der Waals surface area contributed by atoms with Gasteiger partial charge in [-0.3, -0.25) is 14.6 Å². The fourth-order valence-corrected chi connectivity index (χ4v) is 4.49. The van der Waals surface area contributed by atoms with Crippen molar-refractivity contribution in [2.75, 3.05) is 44.3 Å². The number of fused-ring (bicyclic) bond motifs is 1. The SMILES string of the molecule is Cl.N#Cc1ccc(C(=O)N(CCCN2CCOCC2)c2nc3c(F)cc(F)cc3s2)cc1. The standard InChI is InChI=1S/C22H20F2N4O2S.ClH/c23-17-12-18(24)20-19(13-17)31-22(26-20)28(7-1-6-27-8-10-30-11-9-27)21(29)16-4-2-15(14-25)3-5-16;/h2-5,12-13H,1,6-11H2;1H. The predicted octanol–water partition coefficient (Wildman–Crippen LogP) is 4.24. The molecule has 2 heterocycles. The van der Waals surface area contributed by atoms with Gasteiger partial charge in [0, 0.05) is 37.8 Å². The summed E-state index contributed by atoms with van der Waals surface area (Å²) in [6.45, 7) is 4.23. The van der Waals surface area contributed by atoms with Crippen molar-refractivity contribution in [2.24, 2.45) is 0 Å². The van der Waals surface area contributed by atoms with Crippen LogP contribution in [0.25, 0.3) is 10.2 Å². The highest BCUT2D eigenvalue weighted by atomic mass is 35.5. The van der Waals surface area contributed by atoms with Crippen LogP contribution in [0.15, 0.2) is 36.4 Å². The van der Waals surface area contributed by atoms with Crippen molar-refractivity contribution < 1.29 is 18.3 Å². The van der Waals surface area contributed by atoms with Crippen LogP contribution in [0, 0.1) is 23.0 Å². The second-order valence-corrected chi connectivity index (χ2v) is 8.19. The van der Waals surface area contributed by atoms with Crippen molar-refractivity contribution in [1.29, 1.82) is 5.26 Å². The van der Waals surface area contributed by atoms with Crippen molar-refractivity contribution >= 4 is 45.0 Å². The Kier molecular flexibility index (Phi) is 8.10. The summed E-state index contributed by atoms with van der Waals surface area (Å²) in [4.78, 5) is 21.3. The first-order chi connectivity index (χ1) is 15.0. The summed E-state index contributed by atoms with van der Waals surface area (Å²) < 4.78 is 33.5. The number of ether oxygens (including phenoxy) is 1. The average molecular weight is 479 g/mol. The van der Waals surface area contributed by atoms with Crippen LogP contribution in [-0.4, -0.2) is 55.2 Å².